The average molecular weight is 529 g/mol. The molecule has 11 heteroatoms. The fourth-order valence-electron chi connectivity index (χ4n) is 3.86. The third kappa shape index (κ3) is 7.17. The van der Waals surface area contributed by atoms with Gasteiger partial charge in [-0.05, 0) is 36.2 Å². The Morgan fingerprint density at radius 2 is 1.68 bits per heavy atom. The van der Waals surface area contributed by atoms with Crippen LogP contribution in [0.4, 0.5) is 14.5 Å². The monoisotopic (exact) mass is 528 g/mol. The second-order valence-corrected chi connectivity index (χ2v) is 14.7. The first-order valence-electron chi connectivity index (χ1n) is 11.6. The van der Waals surface area contributed by atoms with Crippen molar-refractivity contribution in [1.29, 1.82) is 0 Å². The van der Waals surface area contributed by atoms with Crippen LogP contribution in [0.2, 0.25) is 19.6 Å². The highest BCUT2D eigenvalue weighted by atomic mass is 28.3. The van der Waals surface area contributed by atoms with Crippen LogP contribution in [0.15, 0.2) is 53.3 Å². The van der Waals surface area contributed by atoms with Crippen molar-refractivity contribution in [3.8, 4) is 0 Å². The molecule has 0 unspecified atom stereocenters. The van der Waals surface area contributed by atoms with Crippen molar-refractivity contribution in [2.45, 2.75) is 45.8 Å². The first-order valence-corrected chi connectivity index (χ1v) is 15.1. The molecule has 37 heavy (non-hydrogen) atoms. The largest absolute Gasteiger partial charge is 0.380 e. The molecule has 0 saturated carbocycles. The Hall–Kier alpha value is -3.70. The number of carbonyl (C=O) groups excluding carboxylic acids is 2. The van der Waals surface area contributed by atoms with Crippen LogP contribution < -0.4 is 21.4 Å². The van der Waals surface area contributed by atoms with Gasteiger partial charge >= 0.3 is 0 Å². The number of hydrogen-bond donors (Lipinski definition) is 2. The van der Waals surface area contributed by atoms with Gasteiger partial charge in [-0.2, -0.15) is 5.10 Å². The van der Waals surface area contributed by atoms with Crippen LogP contribution in [0.3, 0.4) is 0 Å². The zero-order chi connectivity index (χ0) is 27.3. The van der Waals surface area contributed by atoms with Gasteiger partial charge in [-0.1, -0.05) is 43.9 Å². The summed E-state index contributed by atoms with van der Waals surface area (Å²) < 4.78 is 35.6. The van der Waals surface area contributed by atoms with Gasteiger partial charge in [-0.15, -0.1) is 0 Å². The molecule has 8 nitrogen and oxygen atoms in total. The van der Waals surface area contributed by atoms with E-state index in [1.54, 1.807) is 38.3 Å². The van der Waals surface area contributed by atoms with Crippen molar-refractivity contribution < 1.29 is 23.1 Å². The highest BCUT2D eigenvalue weighted by Gasteiger charge is 2.28. The zero-order valence-corrected chi connectivity index (χ0v) is 22.4. The Labute approximate surface area is 214 Å². The number of amides is 2. The van der Waals surface area contributed by atoms with E-state index in [9.17, 15) is 23.2 Å². The number of rotatable bonds is 9. The van der Waals surface area contributed by atoms with Crippen LogP contribution in [0, 0.1) is 18.6 Å². The molecule has 0 aliphatic rings. The predicted molar refractivity (Wildman–Crippen MR) is 139 cm³/mol. The smallest absolute Gasteiger partial charge is 0.267 e. The molecule has 0 radical (unpaired) electrons. The van der Waals surface area contributed by atoms with Crippen LogP contribution in [-0.4, -0.2) is 36.8 Å². The fourth-order valence-corrected chi connectivity index (χ4v) is 5.43. The van der Waals surface area contributed by atoms with E-state index in [1.807, 2.05) is 19.6 Å². The van der Waals surface area contributed by atoms with Gasteiger partial charge in [0.2, 0.25) is 5.91 Å². The minimum atomic E-state index is -2.30. The maximum atomic E-state index is 14.7. The van der Waals surface area contributed by atoms with Gasteiger partial charge in [0.25, 0.3) is 11.5 Å². The first kappa shape index (κ1) is 27.9. The van der Waals surface area contributed by atoms with Gasteiger partial charge in [-0.25, -0.2) is 13.5 Å². The zero-order valence-electron chi connectivity index (χ0n) is 21.4. The lowest BCUT2D eigenvalue weighted by molar-refractivity contribution is -0.127. The molecule has 1 atom stereocenters. The van der Waals surface area contributed by atoms with Gasteiger partial charge in [0.1, 0.15) is 24.2 Å². The predicted octanol–water partition coefficient (Wildman–Crippen LogP) is 3.02. The molecule has 0 aliphatic carbocycles. The summed E-state index contributed by atoms with van der Waals surface area (Å²) in [5.41, 5.74) is 1.27. The van der Waals surface area contributed by atoms with Crippen LogP contribution in [0.5, 0.6) is 0 Å². The Bertz CT molecular complexity index is 1330. The second kappa shape index (κ2) is 11.6. The number of nitrogens with one attached hydrogen (secondary N) is 2. The number of benzene rings is 2. The van der Waals surface area contributed by atoms with Gasteiger partial charge in [0, 0.05) is 24.1 Å². The average Bonchev–Trinajstić information content (AvgIpc) is 2.79. The van der Waals surface area contributed by atoms with Crippen molar-refractivity contribution in [3.63, 3.8) is 0 Å². The van der Waals surface area contributed by atoms with Gasteiger partial charge < -0.3 is 15.4 Å². The van der Waals surface area contributed by atoms with E-state index in [1.165, 1.54) is 12.1 Å². The molecule has 0 spiro atoms. The normalized spacial score (nSPS) is 12.2. The van der Waals surface area contributed by atoms with Crippen molar-refractivity contribution in [2.75, 3.05) is 12.4 Å². The molecule has 2 N–H and O–H groups in total. The molecule has 0 saturated heterocycles. The topological polar surface area (TPSA) is 102 Å². The number of ether oxygens (including phenoxy) is 1. The number of aromatic nitrogens is 2. The Morgan fingerprint density at radius 3 is 2.24 bits per heavy atom. The lowest BCUT2D eigenvalue weighted by Gasteiger charge is -2.21. The van der Waals surface area contributed by atoms with E-state index in [0.717, 1.165) is 22.4 Å². The van der Waals surface area contributed by atoms with E-state index < -0.39 is 49.7 Å². The third-order valence-electron chi connectivity index (χ3n) is 5.54. The summed E-state index contributed by atoms with van der Waals surface area (Å²) in [4.78, 5) is 38.1. The lowest BCUT2D eigenvalue weighted by atomic mass is 10.0. The maximum Gasteiger partial charge on any atom is 0.267 e. The standard InChI is InChI=1S/C26H30F2N4O4Si/c1-16-6-11-23(34)32(31-16)14-22(33)30-24(18-9-7-17(8-10-18)15-36-2)26(35)29-19-12-20(27)25(21(28)13-19)37(3,4)5/h6-13,24H,14-15H2,1-5H3,(H,29,35)(H,30,33)/t24-/m1/s1. The second-order valence-electron chi connectivity index (χ2n) is 9.70. The third-order valence-corrected chi connectivity index (χ3v) is 7.52. The van der Waals surface area contributed by atoms with Gasteiger partial charge in [-0.3, -0.25) is 14.4 Å². The maximum absolute atomic E-state index is 14.7. The Balaban J connectivity index is 1.89. The number of anilines is 1. The summed E-state index contributed by atoms with van der Waals surface area (Å²) >= 11 is 0. The molecule has 2 amide bonds. The molecule has 3 rings (SSSR count). The Kier molecular flexibility index (Phi) is 8.71. The molecule has 2 aromatic carbocycles. The molecule has 196 valence electrons. The molecular formula is C26H30F2N4O4Si. The fraction of sp³-hybridized carbons (Fsp3) is 0.308. The van der Waals surface area contributed by atoms with E-state index in [0.29, 0.717) is 17.9 Å². The van der Waals surface area contributed by atoms with Crippen LogP contribution in [-0.2, 0) is 27.5 Å². The lowest BCUT2D eigenvalue weighted by Crippen LogP contribution is -2.43. The molecule has 1 aromatic heterocycles. The summed E-state index contributed by atoms with van der Waals surface area (Å²) in [7, 11) is -0.751. The molecule has 0 aliphatic heterocycles. The molecule has 3 aromatic rings. The number of halogens is 2. The number of nitrogens with zero attached hydrogens (tertiary/aromatic N) is 2. The van der Waals surface area contributed by atoms with E-state index in [-0.39, 0.29) is 10.9 Å². The summed E-state index contributed by atoms with van der Waals surface area (Å²) in [6, 6.07) is 10.5. The summed E-state index contributed by atoms with van der Waals surface area (Å²) in [5, 5.41) is 9.18. The number of methoxy groups -OCH3 is 1. The minimum absolute atomic E-state index is 0.0418. The summed E-state index contributed by atoms with van der Waals surface area (Å²) in [6.45, 7) is 7.07. The summed E-state index contributed by atoms with van der Waals surface area (Å²) in [6.07, 6.45) is 0. The van der Waals surface area contributed by atoms with Crippen LogP contribution >= 0.6 is 0 Å². The van der Waals surface area contributed by atoms with Crippen molar-refractivity contribution >= 4 is 30.8 Å². The SMILES string of the molecule is COCc1ccc([C@@H](NC(=O)Cn2nc(C)ccc2=O)C(=O)Nc2cc(F)c([Si](C)(C)C)c(F)c2)cc1. The van der Waals surface area contributed by atoms with E-state index in [4.69, 9.17) is 4.74 Å². The number of aryl methyl sites for hydroxylation is 1. The molecular weight excluding hydrogens is 498 g/mol. The van der Waals surface area contributed by atoms with Crippen molar-refractivity contribution in [3.05, 3.63) is 87.3 Å². The number of hydrogen-bond acceptors (Lipinski definition) is 5. The first-order chi connectivity index (χ1) is 17.4. The van der Waals surface area contributed by atoms with Gasteiger partial charge in [0.15, 0.2) is 0 Å². The van der Waals surface area contributed by atoms with E-state index in [2.05, 4.69) is 15.7 Å². The molecule has 0 fully saturated rings. The van der Waals surface area contributed by atoms with Crippen molar-refractivity contribution in [2.24, 2.45) is 0 Å². The highest BCUT2D eigenvalue weighted by Crippen LogP contribution is 2.20. The quantitative estimate of drug-likeness (QED) is 0.416. The number of carbonyl (C=O) groups is 2. The van der Waals surface area contributed by atoms with Gasteiger partial charge in [0.05, 0.1) is 20.4 Å². The van der Waals surface area contributed by atoms with E-state index >= 15 is 0 Å². The highest BCUT2D eigenvalue weighted by molar-refractivity contribution is 6.88. The summed E-state index contributed by atoms with van der Waals surface area (Å²) in [5.74, 6) is -2.82. The minimum Gasteiger partial charge on any atom is -0.380 e. The molecule has 0 bridgehead atoms. The van der Waals surface area contributed by atoms with Crippen LogP contribution in [0.25, 0.3) is 0 Å². The van der Waals surface area contributed by atoms with Crippen molar-refractivity contribution in [1.82, 2.24) is 15.1 Å². The molecule has 1 heterocycles. The Morgan fingerprint density at radius 1 is 1.05 bits per heavy atom. The van der Waals surface area contributed by atoms with Crippen LogP contribution in [0.1, 0.15) is 22.9 Å².